The van der Waals surface area contributed by atoms with Gasteiger partial charge in [0.1, 0.15) is 11.4 Å². The van der Waals surface area contributed by atoms with Gasteiger partial charge in [-0.15, -0.1) is 0 Å². The molecule has 0 atom stereocenters. The molecule has 6 heteroatoms. The van der Waals surface area contributed by atoms with Crippen LogP contribution in [0.15, 0.2) is 35.1 Å². The number of benzene rings is 1. The van der Waals surface area contributed by atoms with Gasteiger partial charge in [0, 0.05) is 29.4 Å². The fraction of sp³-hybridized carbons (Fsp3) is 0.409. The van der Waals surface area contributed by atoms with Crippen molar-refractivity contribution in [1.82, 2.24) is 9.88 Å². The molecule has 2 aliphatic carbocycles. The van der Waals surface area contributed by atoms with Gasteiger partial charge in [0.15, 0.2) is 5.78 Å². The number of nitrogens with zero attached hydrogens (tertiary/aromatic N) is 1. The summed E-state index contributed by atoms with van der Waals surface area (Å²) < 4.78 is 14.8. The zero-order valence-electron chi connectivity index (χ0n) is 15.7. The Bertz CT molecular complexity index is 973. The van der Waals surface area contributed by atoms with Crippen LogP contribution in [0.25, 0.3) is 5.69 Å². The molecule has 0 aliphatic heterocycles. The van der Waals surface area contributed by atoms with Gasteiger partial charge in [-0.25, -0.2) is 4.39 Å². The Morgan fingerprint density at radius 3 is 2.43 bits per heavy atom. The number of hydrogen-bond acceptors (Lipinski definition) is 3. The van der Waals surface area contributed by atoms with Gasteiger partial charge in [0.2, 0.25) is 0 Å². The molecule has 0 bridgehead atoms. The van der Waals surface area contributed by atoms with Crippen molar-refractivity contribution >= 4 is 11.7 Å². The molecule has 1 aromatic carbocycles. The molecule has 2 aromatic rings. The smallest absolute Gasteiger partial charge is 0.268 e. The van der Waals surface area contributed by atoms with Crippen molar-refractivity contribution in [1.29, 1.82) is 0 Å². The highest BCUT2D eigenvalue weighted by atomic mass is 19.1. The SMILES string of the molecule is O=C1CCCc2c1cc(C(=O)NC1CCCCC1)c(=O)n2-c1ccc(F)cc1. The van der Waals surface area contributed by atoms with Gasteiger partial charge < -0.3 is 5.32 Å². The average Bonchev–Trinajstić information content (AvgIpc) is 2.69. The molecule has 0 spiro atoms. The van der Waals surface area contributed by atoms with Gasteiger partial charge in [-0.05, 0) is 56.0 Å². The number of rotatable bonds is 3. The molecule has 2 aliphatic rings. The Labute approximate surface area is 162 Å². The summed E-state index contributed by atoms with van der Waals surface area (Å²) in [5.74, 6) is -0.911. The first kappa shape index (κ1) is 18.6. The number of ketones is 1. The van der Waals surface area contributed by atoms with E-state index in [-0.39, 0.29) is 17.4 Å². The van der Waals surface area contributed by atoms with Crippen molar-refractivity contribution in [2.24, 2.45) is 0 Å². The van der Waals surface area contributed by atoms with E-state index in [1.807, 2.05) is 0 Å². The molecule has 146 valence electrons. The number of halogens is 1. The highest BCUT2D eigenvalue weighted by molar-refractivity contribution is 6.02. The Balaban J connectivity index is 1.81. The van der Waals surface area contributed by atoms with E-state index >= 15 is 0 Å². The number of Topliss-reactive ketones (excluding diaryl/α,β-unsaturated/α-hetero) is 1. The highest BCUT2D eigenvalue weighted by Crippen LogP contribution is 2.24. The van der Waals surface area contributed by atoms with Crippen molar-refractivity contribution in [3.05, 3.63) is 63.3 Å². The maximum Gasteiger partial charge on any atom is 0.268 e. The molecule has 1 N–H and O–H groups in total. The molecule has 4 rings (SSSR count). The van der Waals surface area contributed by atoms with Gasteiger partial charge in [-0.1, -0.05) is 19.3 Å². The predicted octanol–water partition coefficient (Wildman–Crippen LogP) is 3.56. The van der Waals surface area contributed by atoms with E-state index in [2.05, 4.69) is 5.32 Å². The van der Waals surface area contributed by atoms with Crippen LogP contribution in [0.1, 0.15) is 71.4 Å². The number of amides is 1. The van der Waals surface area contributed by atoms with E-state index in [0.29, 0.717) is 36.2 Å². The van der Waals surface area contributed by atoms with Gasteiger partial charge in [0.05, 0.1) is 0 Å². The standard InChI is InChI=1S/C22H23FN2O3/c23-14-9-11-16(12-10-14)25-19-7-4-8-20(26)17(19)13-18(22(25)28)21(27)24-15-5-2-1-3-6-15/h9-13,15H,1-8H2,(H,24,27). The average molecular weight is 382 g/mol. The van der Waals surface area contributed by atoms with E-state index in [9.17, 15) is 18.8 Å². The highest BCUT2D eigenvalue weighted by Gasteiger charge is 2.27. The fourth-order valence-electron chi connectivity index (χ4n) is 4.23. The minimum absolute atomic E-state index is 0.0242. The second kappa shape index (κ2) is 7.70. The lowest BCUT2D eigenvalue weighted by atomic mass is 9.92. The topological polar surface area (TPSA) is 68.2 Å². The first-order valence-electron chi connectivity index (χ1n) is 9.93. The van der Waals surface area contributed by atoms with E-state index in [1.54, 1.807) is 0 Å². The third kappa shape index (κ3) is 3.51. The molecule has 1 aromatic heterocycles. The van der Waals surface area contributed by atoms with E-state index in [1.165, 1.54) is 34.9 Å². The Morgan fingerprint density at radius 1 is 1.00 bits per heavy atom. The van der Waals surface area contributed by atoms with Gasteiger partial charge in [0.25, 0.3) is 11.5 Å². The molecule has 1 saturated carbocycles. The molecule has 0 saturated heterocycles. The summed E-state index contributed by atoms with van der Waals surface area (Å²) in [7, 11) is 0. The summed E-state index contributed by atoms with van der Waals surface area (Å²) in [4.78, 5) is 38.6. The van der Waals surface area contributed by atoms with Gasteiger partial charge >= 0.3 is 0 Å². The number of carbonyl (C=O) groups excluding carboxylic acids is 2. The van der Waals surface area contributed by atoms with Crippen molar-refractivity contribution in [2.45, 2.75) is 57.4 Å². The third-order valence-corrected chi connectivity index (χ3v) is 5.69. The zero-order valence-corrected chi connectivity index (χ0v) is 15.7. The minimum Gasteiger partial charge on any atom is -0.349 e. The lowest BCUT2D eigenvalue weighted by molar-refractivity contribution is 0.0925. The minimum atomic E-state index is -0.464. The van der Waals surface area contributed by atoms with E-state index < -0.39 is 17.3 Å². The van der Waals surface area contributed by atoms with Crippen molar-refractivity contribution in [3.8, 4) is 5.69 Å². The molecule has 1 amide bonds. The van der Waals surface area contributed by atoms with Crippen LogP contribution < -0.4 is 10.9 Å². The van der Waals surface area contributed by atoms with E-state index in [0.717, 1.165) is 32.1 Å². The number of nitrogens with one attached hydrogen (secondary N) is 1. The number of pyridine rings is 1. The lowest BCUT2D eigenvalue weighted by Crippen LogP contribution is -2.41. The normalized spacial score (nSPS) is 17.2. The zero-order chi connectivity index (χ0) is 19.7. The van der Waals surface area contributed by atoms with Crippen LogP contribution in [-0.2, 0) is 6.42 Å². The van der Waals surface area contributed by atoms with Crippen molar-refractivity contribution < 1.29 is 14.0 Å². The van der Waals surface area contributed by atoms with Crippen LogP contribution in [0.2, 0.25) is 0 Å². The molecule has 0 radical (unpaired) electrons. The lowest BCUT2D eigenvalue weighted by Gasteiger charge is -2.24. The monoisotopic (exact) mass is 382 g/mol. The first-order valence-corrected chi connectivity index (χ1v) is 9.93. The summed E-state index contributed by atoms with van der Waals surface area (Å²) in [6.07, 6.45) is 6.72. The van der Waals surface area contributed by atoms with Crippen molar-refractivity contribution in [2.75, 3.05) is 0 Å². The molecule has 28 heavy (non-hydrogen) atoms. The van der Waals surface area contributed by atoms with Crippen LogP contribution in [0.5, 0.6) is 0 Å². The largest absolute Gasteiger partial charge is 0.349 e. The summed E-state index contributed by atoms with van der Waals surface area (Å²) in [5, 5.41) is 2.96. The van der Waals surface area contributed by atoms with Crippen LogP contribution in [-0.4, -0.2) is 22.3 Å². The molecule has 1 fully saturated rings. The van der Waals surface area contributed by atoms with Crippen LogP contribution >= 0.6 is 0 Å². The number of carbonyl (C=O) groups is 2. The van der Waals surface area contributed by atoms with Crippen LogP contribution in [0.3, 0.4) is 0 Å². The second-order valence-corrected chi connectivity index (χ2v) is 7.62. The Hall–Kier alpha value is -2.76. The maximum absolute atomic E-state index is 13.4. The molecule has 5 nitrogen and oxygen atoms in total. The third-order valence-electron chi connectivity index (χ3n) is 5.69. The molecule has 1 heterocycles. The first-order chi connectivity index (χ1) is 13.5. The number of aromatic nitrogens is 1. The molecular formula is C22H23FN2O3. The Kier molecular flexibility index (Phi) is 5.11. The van der Waals surface area contributed by atoms with Gasteiger partial charge in [-0.3, -0.25) is 19.0 Å². The maximum atomic E-state index is 13.4. The fourth-order valence-corrected chi connectivity index (χ4v) is 4.23. The predicted molar refractivity (Wildman–Crippen MR) is 104 cm³/mol. The second-order valence-electron chi connectivity index (χ2n) is 7.62. The van der Waals surface area contributed by atoms with Crippen LogP contribution in [0.4, 0.5) is 4.39 Å². The molecule has 0 unspecified atom stereocenters. The summed E-state index contributed by atoms with van der Waals surface area (Å²) in [6, 6.07) is 7.06. The van der Waals surface area contributed by atoms with Crippen LogP contribution in [0, 0.1) is 5.82 Å². The number of hydrogen-bond donors (Lipinski definition) is 1. The quantitative estimate of drug-likeness (QED) is 0.883. The van der Waals surface area contributed by atoms with Crippen molar-refractivity contribution in [3.63, 3.8) is 0 Å². The Morgan fingerprint density at radius 2 is 1.71 bits per heavy atom. The summed E-state index contributed by atoms with van der Waals surface area (Å²) in [6.45, 7) is 0. The summed E-state index contributed by atoms with van der Waals surface area (Å²) >= 11 is 0. The van der Waals surface area contributed by atoms with E-state index in [4.69, 9.17) is 0 Å². The molecular weight excluding hydrogens is 359 g/mol. The number of fused-ring (bicyclic) bond motifs is 1. The summed E-state index contributed by atoms with van der Waals surface area (Å²) in [5.41, 5.74) is 0.993. The van der Waals surface area contributed by atoms with Gasteiger partial charge in [-0.2, -0.15) is 0 Å².